The van der Waals surface area contributed by atoms with E-state index in [4.69, 9.17) is 22.8 Å². The van der Waals surface area contributed by atoms with Gasteiger partial charge in [-0.25, -0.2) is 8.42 Å². The molecule has 0 atom stereocenters. The number of terminal acetylenes is 1. The van der Waals surface area contributed by atoms with Crippen molar-refractivity contribution < 1.29 is 13.2 Å². The standard InChI is InChI=1S/C12H13ClO3S/c1-3-7-17(14,15)8-6-16-11-4-5-12(13)10(2)9-11/h1,4-5,9H,6-8H2,2H3. The fraction of sp³-hybridized carbons (Fsp3) is 0.333. The maximum Gasteiger partial charge on any atom is 0.164 e. The monoisotopic (exact) mass is 272 g/mol. The van der Waals surface area contributed by atoms with Crippen LogP contribution in [-0.4, -0.2) is 26.5 Å². The maximum absolute atomic E-state index is 11.3. The van der Waals surface area contributed by atoms with Crippen molar-refractivity contribution in [3.8, 4) is 18.1 Å². The van der Waals surface area contributed by atoms with Crippen molar-refractivity contribution in [3.63, 3.8) is 0 Å². The van der Waals surface area contributed by atoms with E-state index in [1.54, 1.807) is 18.2 Å². The highest BCUT2D eigenvalue weighted by molar-refractivity contribution is 7.91. The SMILES string of the molecule is C#CCS(=O)(=O)CCOc1ccc(Cl)c(C)c1. The molecular formula is C12H13ClO3S. The molecule has 0 bridgehead atoms. The van der Waals surface area contributed by atoms with Crippen LogP contribution in [0.25, 0.3) is 0 Å². The molecule has 92 valence electrons. The number of rotatable bonds is 5. The number of benzene rings is 1. The summed E-state index contributed by atoms with van der Waals surface area (Å²) in [4.78, 5) is 0. The summed E-state index contributed by atoms with van der Waals surface area (Å²) < 4.78 is 27.9. The first-order chi connectivity index (χ1) is 7.94. The van der Waals surface area contributed by atoms with Gasteiger partial charge in [0.25, 0.3) is 0 Å². The van der Waals surface area contributed by atoms with Crippen molar-refractivity contribution in [2.24, 2.45) is 0 Å². The summed E-state index contributed by atoms with van der Waals surface area (Å²) in [7, 11) is -3.21. The molecule has 0 saturated heterocycles. The summed E-state index contributed by atoms with van der Waals surface area (Å²) in [6.07, 6.45) is 4.95. The summed E-state index contributed by atoms with van der Waals surface area (Å²) in [6.45, 7) is 1.94. The molecular weight excluding hydrogens is 260 g/mol. The summed E-state index contributed by atoms with van der Waals surface area (Å²) in [6, 6.07) is 5.17. The van der Waals surface area contributed by atoms with Crippen LogP contribution in [0, 0.1) is 19.3 Å². The zero-order valence-electron chi connectivity index (χ0n) is 9.44. The van der Waals surface area contributed by atoms with Crippen LogP contribution in [0.1, 0.15) is 5.56 Å². The lowest BCUT2D eigenvalue weighted by Gasteiger charge is -2.07. The molecule has 0 aliphatic rings. The van der Waals surface area contributed by atoms with Gasteiger partial charge < -0.3 is 4.74 Å². The van der Waals surface area contributed by atoms with Crippen molar-refractivity contribution in [2.75, 3.05) is 18.1 Å². The quantitative estimate of drug-likeness (QED) is 0.771. The van der Waals surface area contributed by atoms with Gasteiger partial charge in [-0.1, -0.05) is 17.5 Å². The Morgan fingerprint density at radius 1 is 1.47 bits per heavy atom. The highest BCUT2D eigenvalue weighted by Crippen LogP contribution is 2.20. The molecule has 0 N–H and O–H groups in total. The first-order valence-corrected chi connectivity index (χ1v) is 7.17. The molecule has 0 radical (unpaired) electrons. The number of aryl methyl sites for hydroxylation is 1. The lowest BCUT2D eigenvalue weighted by molar-refractivity contribution is 0.341. The van der Waals surface area contributed by atoms with Gasteiger partial charge >= 0.3 is 0 Å². The second kappa shape index (κ2) is 5.95. The molecule has 17 heavy (non-hydrogen) atoms. The van der Waals surface area contributed by atoms with Gasteiger partial charge in [-0.15, -0.1) is 6.42 Å². The Morgan fingerprint density at radius 2 is 2.18 bits per heavy atom. The van der Waals surface area contributed by atoms with Gasteiger partial charge in [0.05, 0.1) is 5.75 Å². The van der Waals surface area contributed by atoms with Crippen LogP contribution in [0.2, 0.25) is 5.02 Å². The van der Waals surface area contributed by atoms with E-state index in [1.165, 1.54) is 0 Å². The second-order valence-electron chi connectivity index (χ2n) is 3.56. The lowest BCUT2D eigenvalue weighted by atomic mass is 10.2. The molecule has 3 nitrogen and oxygen atoms in total. The summed E-state index contributed by atoms with van der Waals surface area (Å²) in [5.74, 6) is 2.37. The summed E-state index contributed by atoms with van der Waals surface area (Å²) >= 11 is 5.85. The minimum absolute atomic E-state index is 0.0845. The Bertz CT molecular complexity index is 529. The van der Waals surface area contributed by atoms with Gasteiger partial charge in [0.1, 0.15) is 18.1 Å². The minimum atomic E-state index is -3.21. The predicted octanol–water partition coefficient (Wildman–Crippen LogP) is 2.08. The van der Waals surface area contributed by atoms with Gasteiger partial charge in [0, 0.05) is 5.02 Å². The molecule has 0 aliphatic heterocycles. The number of sulfone groups is 1. The zero-order chi connectivity index (χ0) is 12.9. The van der Waals surface area contributed by atoms with E-state index in [2.05, 4.69) is 5.92 Å². The summed E-state index contributed by atoms with van der Waals surface area (Å²) in [5.41, 5.74) is 0.885. The van der Waals surface area contributed by atoms with Crippen LogP contribution in [-0.2, 0) is 9.84 Å². The van der Waals surface area contributed by atoms with Crippen LogP contribution in [0.4, 0.5) is 0 Å². The van der Waals surface area contributed by atoms with Crippen LogP contribution in [0.5, 0.6) is 5.75 Å². The maximum atomic E-state index is 11.3. The zero-order valence-corrected chi connectivity index (χ0v) is 11.0. The molecule has 0 aromatic heterocycles. The molecule has 0 aliphatic carbocycles. The fourth-order valence-electron chi connectivity index (χ4n) is 1.19. The third kappa shape index (κ3) is 4.68. The largest absolute Gasteiger partial charge is 0.493 e. The molecule has 1 aromatic carbocycles. The number of halogens is 1. The Hall–Kier alpha value is -1.18. The third-order valence-electron chi connectivity index (χ3n) is 2.10. The van der Waals surface area contributed by atoms with Gasteiger partial charge in [0.15, 0.2) is 9.84 Å². The molecule has 5 heteroatoms. The van der Waals surface area contributed by atoms with E-state index in [-0.39, 0.29) is 18.1 Å². The Kier molecular flexibility index (Phi) is 4.86. The number of hydrogen-bond donors (Lipinski definition) is 0. The van der Waals surface area contributed by atoms with Crippen molar-refractivity contribution >= 4 is 21.4 Å². The Balaban J connectivity index is 2.52. The molecule has 0 amide bonds. The Morgan fingerprint density at radius 3 is 2.76 bits per heavy atom. The normalized spacial score (nSPS) is 10.9. The molecule has 0 unspecified atom stereocenters. The van der Waals surface area contributed by atoms with E-state index in [1.807, 2.05) is 6.92 Å². The average molecular weight is 273 g/mol. The van der Waals surface area contributed by atoms with Crippen LogP contribution < -0.4 is 4.74 Å². The molecule has 1 aromatic rings. The molecule has 0 heterocycles. The third-order valence-corrected chi connectivity index (χ3v) is 3.91. The highest BCUT2D eigenvalue weighted by atomic mass is 35.5. The van der Waals surface area contributed by atoms with Gasteiger partial charge in [-0.2, -0.15) is 0 Å². The fourth-order valence-corrected chi connectivity index (χ4v) is 2.05. The van der Waals surface area contributed by atoms with Gasteiger partial charge in [-0.05, 0) is 30.7 Å². The van der Waals surface area contributed by atoms with E-state index in [0.29, 0.717) is 10.8 Å². The minimum Gasteiger partial charge on any atom is -0.493 e. The van der Waals surface area contributed by atoms with Crippen LogP contribution in [0.15, 0.2) is 18.2 Å². The first-order valence-electron chi connectivity index (χ1n) is 4.97. The van der Waals surface area contributed by atoms with Crippen molar-refractivity contribution in [1.29, 1.82) is 0 Å². The van der Waals surface area contributed by atoms with E-state index in [0.717, 1.165) is 5.56 Å². The smallest absolute Gasteiger partial charge is 0.164 e. The van der Waals surface area contributed by atoms with Crippen molar-refractivity contribution in [3.05, 3.63) is 28.8 Å². The van der Waals surface area contributed by atoms with Crippen LogP contribution in [0.3, 0.4) is 0 Å². The van der Waals surface area contributed by atoms with Crippen molar-refractivity contribution in [1.82, 2.24) is 0 Å². The molecule has 0 spiro atoms. The average Bonchev–Trinajstić information content (AvgIpc) is 2.23. The van der Waals surface area contributed by atoms with E-state index in [9.17, 15) is 8.42 Å². The van der Waals surface area contributed by atoms with E-state index < -0.39 is 9.84 Å². The van der Waals surface area contributed by atoms with Gasteiger partial charge in [-0.3, -0.25) is 0 Å². The first kappa shape index (κ1) is 13.9. The van der Waals surface area contributed by atoms with E-state index >= 15 is 0 Å². The van der Waals surface area contributed by atoms with Gasteiger partial charge in [0.2, 0.25) is 0 Å². The molecule has 0 fully saturated rings. The number of hydrogen-bond acceptors (Lipinski definition) is 3. The Labute approximate surface area is 107 Å². The topological polar surface area (TPSA) is 43.4 Å². The lowest BCUT2D eigenvalue weighted by Crippen LogP contribution is -2.16. The van der Waals surface area contributed by atoms with Crippen LogP contribution >= 0.6 is 11.6 Å². The highest BCUT2D eigenvalue weighted by Gasteiger charge is 2.09. The van der Waals surface area contributed by atoms with Crippen molar-refractivity contribution in [2.45, 2.75) is 6.92 Å². The summed E-state index contributed by atoms with van der Waals surface area (Å²) in [5, 5.41) is 0.650. The molecule has 1 rings (SSSR count). The predicted molar refractivity (Wildman–Crippen MR) is 69.2 cm³/mol. The molecule has 0 saturated carbocycles. The number of ether oxygens (including phenoxy) is 1. The second-order valence-corrected chi connectivity index (χ2v) is 6.15.